The molecule has 0 amide bonds. The molecule has 0 radical (unpaired) electrons. The fraction of sp³-hybridized carbons (Fsp3) is 0.136. The van der Waals surface area contributed by atoms with E-state index < -0.39 is 0 Å². The van der Waals surface area contributed by atoms with Crippen LogP contribution in [-0.2, 0) is 0 Å². The minimum absolute atomic E-state index is 0.495. The van der Waals surface area contributed by atoms with Crippen LogP contribution in [0.1, 0.15) is 50.7 Å². The molecule has 7 aromatic carbocycles. The van der Waals surface area contributed by atoms with Crippen molar-refractivity contribution >= 4 is 59.6 Å². The third-order valence-corrected chi connectivity index (χ3v) is 10.0. The van der Waals surface area contributed by atoms with Crippen LogP contribution in [0, 0.1) is 0 Å². The smallest absolute Gasteiger partial charge is 0.0620 e. The van der Waals surface area contributed by atoms with Gasteiger partial charge in [-0.2, -0.15) is 0 Å². The van der Waals surface area contributed by atoms with Gasteiger partial charge in [0.05, 0.1) is 16.6 Å². The summed E-state index contributed by atoms with van der Waals surface area (Å²) in [5, 5.41) is 10.5. The number of fused-ring (bicyclic) bond motifs is 8. The average molecular weight is 578 g/mol. The topological polar surface area (TPSA) is 4.41 Å². The molecule has 9 aromatic rings. The highest BCUT2D eigenvalue weighted by molar-refractivity contribution is 6.27. The van der Waals surface area contributed by atoms with Gasteiger partial charge < -0.3 is 4.40 Å². The molecule has 0 spiro atoms. The second-order valence-electron chi connectivity index (χ2n) is 13.4. The third-order valence-electron chi connectivity index (χ3n) is 10.0. The van der Waals surface area contributed by atoms with Crippen LogP contribution in [0.5, 0.6) is 0 Å². The Morgan fingerprint density at radius 3 is 1.40 bits per heavy atom. The molecule has 0 bridgehead atoms. The summed E-state index contributed by atoms with van der Waals surface area (Å²) in [5.41, 5.74) is 11.7. The highest BCUT2D eigenvalue weighted by Gasteiger charge is 2.21. The van der Waals surface area contributed by atoms with E-state index in [0.29, 0.717) is 11.8 Å². The van der Waals surface area contributed by atoms with Gasteiger partial charge in [-0.05, 0) is 103 Å². The Kier molecular flexibility index (Phi) is 5.65. The molecule has 2 heterocycles. The van der Waals surface area contributed by atoms with Crippen molar-refractivity contribution in [3.63, 3.8) is 0 Å². The number of nitrogens with zero attached hydrogens (tertiary/aromatic N) is 1. The molecule has 2 aromatic heterocycles. The maximum Gasteiger partial charge on any atom is 0.0620 e. The van der Waals surface area contributed by atoms with Gasteiger partial charge in [0, 0.05) is 21.5 Å². The molecule has 0 atom stereocenters. The summed E-state index contributed by atoms with van der Waals surface area (Å²) in [4.78, 5) is 0. The third kappa shape index (κ3) is 3.93. The fourth-order valence-corrected chi connectivity index (χ4v) is 7.54. The largest absolute Gasteiger partial charge is 0.308 e. The molecule has 0 N–H and O–H groups in total. The highest BCUT2D eigenvalue weighted by Crippen LogP contribution is 2.45. The minimum atomic E-state index is 0.495. The predicted octanol–water partition coefficient (Wildman–Crippen LogP) is 12.7. The lowest BCUT2D eigenvalue weighted by molar-refractivity contribution is 0.869. The number of rotatable bonds is 4. The van der Waals surface area contributed by atoms with Gasteiger partial charge in [0.15, 0.2) is 0 Å². The van der Waals surface area contributed by atoms with E-state index in [2.05, 4.69) is 159 Å². The Labute approximate surface area is 263 Å². The van der Waals surface area contributed by atoms with Crippen molar-refractivity contribution in [2.75, 3.05) is 0 Å². The molecule has 0 aliphatic rings. The molecule has 0 saturated heterocycles. The maximum atomic E-state index is 2.54. The van der Waals surface area contributed by atoms with Crippen molar-refractivity contribution in [1.82, 2.24) is 4.40 Å². The van der Waals surface area contributed by atoms with Crippen molar-refractivity contribution in [2.24, 2.45) is 0 Å². The zero-order chi connectivity index (χ0) is 30.4. The number of benzene rings is 7. The van der Waals surface area contributed by atoms with Crippen LogP contribution < -0.4 is 0 Å². The fourth-order valence-electron chi connectivity index (χ4n) is 7.54. The summed E-state index contributed by atoms with van der Waals surface area (Å²) in [7, 11) is 0. The number of hydrogen-bond donors (Lipinski definition) is 0. The van der Waals surface area contributed by atoms with Gasteiger partial charge in [0.1, 0.15) is 0 Å². The van der Waals surface area contributed by atoms with Crippen LogP contribution in [0.4, 0.5) is 0 Å². The van der Waals surface area contributed by atoms with Crippen molar-refractivity contribution in [3.05, 3.63) is 139 Å². The van der Waals surface area contributed by atoms with E-state index in [0.717, 1.165) is 0 Å². The average Bonchev–Trinajstić information content (AvgIpc) is 3.56. The molecule has 1 heteroatoms. The van der Waals surface area contributed by atoms with Crippen molar-refractivity contribution in [3.8, 4) is 22.3 Å². The van der Waals surface area contributed by atoms with Gasteiger partial charge in [-0.25, -0.2) is 0 Å². The first-order valence-corrected chi connectivity index (χ1v) is 16.2. The Morgan fingerprint density at radius 2 is 0.889 bits per heavy atom. The molecule has 45 heavy (non-hydrogen) atoms. The summed E-state index contributed by atoms with van der Waals surface area (Å²) in [6, 6.07) is 48.2. The maximum absolute atomic E-state index is 2.54. The minimum Gasteiger partial charge on any atom is -0.308 e. The van der Waals surface area contributed by atoms with Crippen molar-refractivity contribution in [2.45, 2.75) is 39.5 Å². The van der Waals surface area contributed by atoms with Crippen LogP contribution in [0.25, 0.3) is 81.9 Å². The lowest BCUT2D eigenvalue weighted by Crippen LogP contribution is -1.88. The van der Waals surface area contributed by atoms with E-state index in [1.165, 1.54) is 93.0 Å². The Bertz CT molecular complexity index is 2450. The van der Waals surface area contributed by atoms with E-state index >= 15 is 0 Å². The lowest BCUT2D eigenvalue weighted by Gasteiger charge is -2.11. The summed E-state index contributed by atoms with van der Waals surface area (Å²) < 4.78 is 2.54. The van der Waals surface area contributed by atoms with Gasteiger partial charge in [-0.15, -0.1) is 0 Å². The molecule has 0 aliphatic heterocycles. The SMILES string of the molecule is CC(C)c1ccc2cc3c(cc2c1)c1cc(-c2ccccc2-c2ccccc2)cc2c4cc5cc(C(C)C)ccc5cc4n3c12. The monoisotopic (exact) mass is 577 g/mol. The van der Waals surface area contributed by atoms with Crippen molar-refractivity contribution in [1.29, 1.82) is 0 Å². The van der Waals surface area contributed by atoms with Crippen LogP contribution >= 0.6 is 0 Å². The molecular formula is C44H35N. The predicted molar refractivity (Wildman–Crippen MR) is 195 cm³/mol. The Morgan fingerprint density at radius 1 is 0.400 bits per heavy atom. The first-order chi connectivity index (χ1) is 21.9. The molecular weight excluding hydrogens is 542 g/mol. The van der Waals surface area contributed by atoms with Crippen LogP contribution in [0.3, 0.4) is 0 Å². The summed E-state index contributed by atoms with van der Waals surface area (Å²) in [5.74, 6) is 0.990. The molecule has 9 rings (SSSR count). The van der Waals surface area contributed by atoms with Gasteiger partial charge in [-0.1, -0.05) is 119 Å². The standard InChI is InChI=1S/C44H35N/c1-26(2)29-14-16-31-24-42-38(20-33(31)18-29)40-22-35(37-13-9-8-12-36(37)28-10-6-5-7-11-28)23-41-39-21-34-19-30(27(3)4)15-17-32(34)25-43(39)45(42)44(40)41/h5-27H,1-4H3. The summed E-state index contributed by atoms with van der Waals surface area (Å²) in [6.45, 7) is 9.10. The van der Waals surface area contributed by atoms with Gasteiger partial charge in [0.25, 0.3) is 0 Å². The Hall–Kier alpha value is -5.14. The van der Waals surface area contributed by atoms with E-state index in [1.807, 2.05) is 0 Å². The first-order valence-electron chi connectivity index (χ1n) is 16.2. The molecule has 0 saturated carbocycles. The number of hydrogen-bond acceptors (Lipinski definition) is 0. The highest BCUT2D eigenvalue weighted by atomic mass is 14.9. The van der Waals surface area contributed by atoms with Crippen LogP contribution in [-0.4, -0.2) is 4.40 Å². The van der Waals surface area contributed by atoms with Gasteiger partial charge in [-0.3, -0.25) is 0 Å². The van der Waals surface area contributed by atoms with Crippen molar-refractivity contribution < 1.29 is 0 Å². The second-order valence-corrected chi connectivity index (χ2v) is 13.4. The lowest BCUT2D eigenvalue weighted by atomic mass is 9.92. The Balaban J connectivity index is 1.44. The zero-order valence-corrected chi connectivity index (χ0v) is 26.2. The second kappa shape index (κ2) is 9.68. The molecule has 0 fully saturated rings. The molecule has 1 nitrogen and oxygen atoms in total. The molecule has 0 unspecified atom stereocenters. The van der Waals surface area contributed by atoms with E-state index in [4.69, 9.17) is 0 Å². The van der Waals surface area contributed by atoms with E-state index in [1.54, 1.807) is 0 Å². The van der Waals surface area contributed by atoms with Gasteiger partial charge >= 0.3 is 0 Å². The van der Waals surface area contributed by atoms with E-state index in [9.17, 15) is 0 Å². The van der Waals surface area contributed by atoms with E-state index in [-0.39, 0.29) is 0 Å². The van der Waals surface area contributed by atoms with Crippen LogP contribution in [0.15, 0.2) is 127 Å². The van der Waals surface area contributed by atoms with Gasteiger partial charge in [0.2, 0.25) is 0 Å². The summed E-state index contributed by atoms with van der Waals surface area (Å²) in [6.07, 6.45) is 0. The quantitative estimate of drug-likeness (QED) is 0.196. The van der Waals surface area contributed by atoms with Crippen LogP contribution in [0.2, 0.25) is 0 Å². The zero-order valence-electron chi connectivity index (χ0n) is 26.2. The summed E-state index contributed by atoms with van der Waals surface area (Å²) >= 11 is 0. The first kappa shape index (κ1) is 26.3. The molecule has 216 valence electrons. The normalized spacial score (nSPS) is 12.4. The number of aromatic nitrogens is 1. The molecule has 0 aliphatic carbocycles.